The normalized spacial score (nSPS) is 18.8. The van der Waals surface area contributed by atoms with Crippen LogP contribution in [0, 0.1) is 0 Å². The van der Waals surface area contributed by atoms with Crippen molar-refractivity contribution in [3.63, 3.8) is 0 Å². The minimum absolute atomic E-state index is 0.180. The number of nitrogens with one attached hydrogen (secondary N) is 1. The Kier molecular flexibility index (Phi) is 5.43. The lowest BCUT2D eigenvalue weighted by molar-refractivity contribution is -0.143. The monoisotopic (exact) mass is 322 g/mol. The van der Waals surface area contributed by atoms with Gasteiger partial charge >= 0.3 is 5.97 Å². The molecule has 6 nitrogen and oxygen atoms in total. The van der Waals surface area contributed by atoms with Gasteiger partial charge in [0.25, 0.3) is 0 Å². The van der Waals surface area contributed by atoms with Crippen LogP contribution in [0.3, 0.4) is 0 Å². The van der Waals surface area contributed by atoms with Crippen molar-refractivity contribution in [3.8, 4) is 0 Å². The molecule has 118 valence electrons. The highest BCUT2D eigenvalue weighted by molar-refractivity contribution is 7.99. The molecule has 1 aliphatic heterocycles. The number of thioether (sulfide) groups is 1. The first-order chi connectivity index (χ1) is 10.5. The van der Waals surface area contributed by atoms with Crippen molar-refractivity contribution in [1.29, 1.82) is 0 Å². The minimum Gasteiger partial charge on any atom is -0.480 e. The molecular formula is C15H18N2O4S. The summed E-state index contributed by atoms with van der Waals surface area (Å²) < 4.78 is 0. The summed E-state index contributed by atoms with van der Waals surface area (Å²) in [4.78, 5) is 36.6. The first kappa shape index (κ1) is 16.4. The van der Waals surface area contributed by atoms with Crippen molar-refractivity contribution in [1.82, 2.24) is 10.2 Å². The van der Waals surface area contributed by atoms with Crippen molar-refractivity contribution in [2.75, 3.05) is 11.6 Å². The molecular weight excluding hydrogens is 304 g/mol. The number of carbonyl (C=O) groups excluding carboxylic acids is 2. The molecule has 0 unspecified atom stereocenters. The Labute approximate surface area is 132 Å². The average molecular weight is 322 g/mol. The van der Waals surface area contributed by atoms with Crippen molar-refractivity contribution < 1.29 is 19.5 Å². The molecule has 0 radical (unpaired) electrons. The Bertz CT molecular complexity index is 564. The Morgan fingerprint density at radius 2 is 2.05 bits per heavy atom. The zero-order valence-corrected chi connectivity index (χ0v) is 13.0. The molecule has 2 N–H and O–H groups in total. The van der Waals surface area contributed by atoms with Crippen molar-refractivity contribution >= 4 is 29.5 Å². The van der Waals surface area contributed by atoms with Gasteiger partial charge in [-0.2, -0.15) is 0 Å². The molecule has 1 aromatic rings. The van der Waals surface area contributed by atoms with E-state index in [1.165, 1.54) is 23.6 Å². The van der Waals surface area contributed by atoms with Crippen LogP contribution in [0.5, 0.6) is 0 Å². The van der Waals surface area contributed by atoms with Crippen LogP contribution in [0.1, 0.15) is 12.5 Å². The predicted octanol–water partition coefficient (Wildman–Crippen LogP) is 0.720. The third kappa shape index (κ3) is 4.00. The van der Waals surface area contributed by atoms with E-state index in [4.69, 9.17) is 0 Å². The molecule has 2 atom stereocenters. The Morgan fingerprint density at radius 1 is 1.36 bits per heavy atom. The van der Waals surface area contributed by atoms with Gasteiger partial charge in [-0.15, -0.1) is 11.8 Å². The van der Waals surface area contributed by atoms with E-state index in [9.17, 15) is 19.5 Å². The van der Waals surface area contributed by atoms with Crippen molar-refractivity contribution in [3.05, 3.63) is 35.9 Å². The number of carboxylic acids is 1. The summed E-state index contributed by atoms with van der Waals surface area (Å²) in [6.07, 6.45) is 0.210. The Hall–Kier alpha value is -2.02. The third-order valence-electron chi connectivity index (χ3n) is 3.49. The van der Waals surface area contributed by atoms with Crippen LogP contribution < -0.4 is 5.32 Å². The minimum atomic E-state index is -1.09. The number of nitrogens with zero attached hydrogens (tertiary/aromatic N) is 1. The van der Waals surface area contributed by atoms with Crippen molar-refractivity contribution in [2.24, 2.45) is 0 Å². The van der Waals surface area contributed by atoms with Crippen molar-refractivity contribution in [2.45, 2.75) is 25.4 Å². The van der Waals surface area contributed by atoms with E-state index in [1.54, 1.807) is 0 Å². The highest BCUT2D eigenvalue weighted by Gasteiger charge is 2.34. The number of amides is 2. The lowest BCUT2D eigenvalue weighted by Crippen LogP contribution is -2.52. The molecule has 2 amide bonds. The topological polar surface area (TPSA) is 86.7 Å². The quantitative estimate of drug-likeness (QED) is 0.834. The van der Waals surface area contributed by atoms with Gasteiger partial charge < -0.3 is 15.3 Å². The number of rotatable bonds is 5. The van der Waals surface area contributed by atoms with Gasteiger partial charge in [0.2, 0.25) is 11.8 Å². The summed E-state index contributed by atoms with van der Waals surface area (Å²) in [6.45, 7) is 1.41. The SMILES string of the molecule is CC(=O)N1CSC[C@@H]1C(=O)N[C@H](Cc1ccccc1)C(=O)O. The van der Waals surface area contributed by atoms with E-state index in [-0.39, 0.29) is 12.3 Å². The smallest absolute Gasteiger partial charge is 0.326 e. The third-order valence-corrected chi connectivity index (χ3v) is 4.50. The lowest BCUT2D eigenvalue weighted by Gasteiger charge is -2.23. The summed E-state index contributed by atoms with van der Waals surface area (Å²) >= 11 is 1.48. The number of aliphatic carboxylic acids is 1. The van der Waals surface area contributed by atoms with Gasteiger partial charge in [0.1, 0.15) is 12.1 Å². The highest BCUT2D eigenvalue weighted by Crippen LogP contribution is 2.21. The maximum atomic E-state index is 12.3. The van der Waals surface area contributed by atoms with Gasteiger partial charge in [0.05, 0.1) is 5.88 Å². The van der Waals surface area contributed by atoms with Crippen LogP contribution in [0.2, 0.25) is 0 Å². The van der Waals surface area contributed by atoms with E-state index in [1.807, 2.05) is 30.3 Å². The number of hydrogen-bond donors (Lipinski definition) is 2. The van der Waals surface area contributed by atoms with Crippen LogP contribution in [0.25, 0.3) is 0 Å². The molecule has 0 aliphatic carbocycles. The molecule has 1 fully saturated rings. The van der Waals surface area contributed by atoms with Crippen LogP contribution in [0.15, 0.2) is 30.3 Å². The molecule has 22 heavy (non-hydrogen) atoms. The largest absolute Gasteiger partial charge is 0.480 e. The maximum absolute atomic E-state index is 12.3. The van der Waals surface area contributed by atoms with E-state index >= 15 is 0 Å². The van der Waals surface area contributed by atoms with E-state index in [0.29, 0.717) is 11.6 Å². The summed E-state index contributed by atoms with van der Waals surface area (Å²) in [6, 6.07) is 7.51. The van der Waals surface area contributed by atoms with Crippen LogP contribution in [-0.2, 0) is 20.8 Å². The van der Waals surface area contributed by atoms with Gasteiger partial charge in [-0.05, 0) is 5.56 Å². The first-order valence-electron chi connectivity index (χ1n) is 6.91. The first-order valence-corrected chi connectivity index (χ1v) is 8.06. The van der Waals surface area contributed by atoms with E-state index < -0.39 is 24.0 Å². The summed E-state index contributed by atoms with van der Waals surface area (Å²) in [5.74, 6) is -0.728. The number of hydrogen-bond acceptors (Lipinski definition) is 4. The second-order valence-electron chi connectivity index (χ2n) is 5.09. The van der Waals surface area contributed by atoms with Gasteiger partial charge in [0, 0.05) is 19.1 Å². The standard InChI is InChI=1S/C15H18N2O4S/c1-10(18)17-9-22-8-13(17)14(19)16-12(15(20)21)7-11-5-3-2-4-6-11/h2-6,12-13H,7-9H2,1H3,(H,16,19)(H,20,21)/t12-,13-/m1/s1. The fourth-order valence-electron chi connectivity index (χ4n) is 2.29. The van der Waals surface area contributed by atoms with Gasteiger partial charge in [-0.25, -0.2) is 4.79 Å². The predicted molar refractivity (Wildman–Crippen MR) is 83.3 cm³/mol. The molecule has 2 rings (SSSR count). The zero-order chi connectivity index (χ0) is 16.1. The Morgan fingerprint density at radius 3 is 2.64 bits per heavy atom. The fraction of sp³-hybridized carbons (Fsp3) is 0.400. The van der Waals surface area contributed by atoms with E-state index in [0.717, 1.165) is 5.56 Å². The van der Waals surface area contributed by atoms with Crippen LogP contribution >= 0.6 is 11.8 Å². The number of benzene rings is 1. The Balaban J connectivity index is 2.03. The molecule has 0 aromatic heterocycles. The van der Waals surface area contributed by atoms with E-state index in [2.05, 4.69) is 5.32 Å². The van der Waals surface area contributed by atoms with Crippen LogP contribution in [-0.4, -0.2) is 51.5 Å². The molecule has 1 aromatic carbocycles. The highest BCUT2D eigenvalue weighted by atomic mass is 32.2. The molecule has 1 heterocycles. The van der Waals surface area contributed by atoms with Gasteiger partial charge in [-0.1, -0.05) is 30.3 Å². The fourth-order valence-corrected chi connectivity index (χ4v) is 3.51. The molecule has 7 heteroatoms. The number of carboxylic acid groups (broad SMARTS) is 1. The maximum Gasteiger partial charge on any atom is 0.326 e. The summed E-state index contributed by atoms with van der Waals surface area (Å²) in [5, 5.41) is 11.8. The molecule has 0 saturated carbocycles. The molecule has 1 aliphatic rings. The lowest BCUT2D eigenvalue weighted by atomic mass is 10.1. The summed E-state index contributed by atoms with van der Waals surface area (Å²) in [5.41, 5.74) is 0.833. The van der Waals surface area contributed by atoms with Crippen LogP contribution in [0.4, 0.5) is 0 Å². The second-order valence-corrected chi connectivity index (χ2v) is 6.09. The van der Waals surface area contributed by atoms with Gasteiger partial charge in [0.15, 0.2) is 0 Å². The summed E-state index contributed by atoms with van der Waals surface area (Å²) in [7, 11) is 0. The average Bonchev–Trinajstić information content (AvgIpc) is 2.97. The van der Waals surface area contributed by atoms with Gasteiger partial charge in [-0.3, -0.25) is 9.59 Å². The second kappa shape index (κ2) is 7.31. The molecule has 1 saturated heterocycles. The molecule has 0 bridgehead atoms. The zero-order valence-electron chi connectivity index (χ0n) is 12.2. The number of carbonyl (C=O) groups is 3. The molecule has 0 spiro atoms.